The van der Waals surface area contributed by atoms with Gasteiger partial charge in [-0.05, 0) is 72.5 Å². The van der Waals surface area contributed by atoms with Gasteiger partial charge in [0, 0.05) is 26.7 Å². The SMILES string of the molecule is Cc1cccc(NC(=O)c2sc3nc(-c4ccc(Cl)cc4)cc(-c4ccc(Cl)cc4)c3c2N)c1C. The van der Waals surface area contributed by atoms with Crippen molar-refractivity contribution in [3.8, 4) is 22.4 Å². The van der Waals surface area contributed by atoms with Crippen LogP contribution in [0.1, 0.15) is 20.8 Å². The molecule has 4 nitrogen and oxygen atoms in total. The normalized spacial score (nSPS) is 11.1. The number of fused-ring (bicyclic) bond motifs is 1. The summed E-state index contributed by atoms with van der Waals surface area (Å²) >= 11 is 13.5. The molecule has 0 aliphatic heterocycles. The standard InChI is InChI=1S/C28H21Cl2N3OS/c1-15-4-3-5-22(16(15)2)32-27(34)26-25(31)24-21(17-6-10-19(29)11-7-17)14-23(33-28(24)35-26)18-8-12-20(30)13-9-18/h3-14H,31H2,1-2H3,(H,32,34). The number of pyridine rings is 1. The molecule has 0 atom stereocenters. The summed E-state index contributed by atoms with van der Waals surface area (Å²) in [5, 5.41) is 5.06. The second-order valence-corrected chi connectivity index (χ2v) is 10.2. The molecule has 0 aliphatic carbocycles. The number of nitrogens with two attached hydrogens (primary N) is 1. The maximum atomic E-state index is 13.3. The third-order valence-corrected chi connectivity index (χ3v) is 7.66. The minimum Gasteiger partial charge on any atom is -0.397 e. The second kappa shape index (κ2) is 9.34. The minimum atomic E-state index is -0.255. The van der Waals surface area contributed by atoms with Crippen molar-refractivity contribution in [2.24, 2.45) is 0 Å². The van der Waals surface area contributed by atoms with Crippen LogP contribution in [0.15, 0.2) is 72.8 Å². The molecule has 3 aromatic carbocycles. The Morgan fingerprint density at radius 3 is 2.20 bits per heavy atom. The van der Waals surface area contributed by atoms with Crippen LogP contribution < -0.4 is 11.1 Å². The Labute approximate surface area is 217 Å². The number of rotatable bonds is 4. The van der Waals surface area contributed by atoms with Crippen LogP contribution in [0.4, 0.5) is 11.4 Å². The lowest BCUT2D eigenvalue weighted by molar-refractivity contribution is 0.103. The predicted molar refractivity (Wildman–Crippen MR) is 149 cm³/mol. The highest BCUT2D eigenvalue weighted by Gasteiger charge is 2.22. The average molecular weight is 518 g/mol. The fraction of sp³-hybridized carbons (Fsp3) is 0.0714. The highest BCUT2D eigenvalue weighted by Crippen LogP contribution is 2.42. The Balaban J connectivity index is 1.67. The largest absolute Gasteiger partial charge is 0.397 e. The fourth-order valence-corrected chi connectivity index (χ4v) is 5.25. The summed E-state index contributed by atoms with van der Waals surface area (Å²) in [4.78, 5) is 19.3. The Morgan fingerprint density at radius 1 is 0.914 bits per heavy atom. The van der Waals surface area contributed by atoms with Gasteiger partial charge in [-0.2, -0.15) is 0 Å². The number of nitrogens with one attached hydrogen (secondary N) is 1. The fourth-order valence-electron chi connectivity index (χ4n) is 3.98. The van der Waals surface area contributed by atoms with E-state index in [0.717, 1.165) is 44.6 Å². The Morgan fingerprint density at radius 2 is 1.54 bits per heavy atom. The molecule has 2 aromatic heterocycles. The number of nitrogens with zero attached hydrogens (tertiary/aromatic N) is 1. The van der Waals surface area contributed by atoms with Crippen LogP contribution in [0.2, 0.25) is 10.0 Å². The van der Waals surface area contributed by atoms with Gasteiger partial charge < -0.3 is 11.1 Å². The highest BCUT2D eigenvalue weighted by molar-refractivity contribution is 7.21. The van der Waals surface area contributed by atoms with Crippen molar-refractivity contribution in [3.63, 3.8) is 0 Å². The van der Waals surface area contributed by atoms with Crippen LogP contribution >= 0.6 is 34.5 Å². The van der Waals surface area contributed by atoms with E-state index in [0.29, 0.717) is 25.4 Å². The van der Waals surface area contributed by atoms with E-state index in [-0.39, 0.29) is 5.91 Å². The first-order chi connectivity index (χ1) is 16.8. The van der Waals surface area contributed by atoms with E-state index in [1.54, 1.807) is 0 Å². The molecule has 5 aromatic rings. The van der Waals surface area contributed by atoms with Crippen LogP contribution in [0.3, 0.4) is 0 Å². The number of halogens is 2. The maximum absolute atomic E-state index is 13.3. The second-order valence-electron chi connectivity index (χ2n) is 8.30. The average Bonchev–Trinajstić information content (AvgIpc) is 3.19. The lowest BCUT2D eigenvalue weighted by Gasteiger charge is -2.10. The number of benzene rings is 3. The number of carbonyl (C=O) groups excluding carboxylic acids is 1. The first-order valence-electron chi connectivity index (χ1n) is 10.9. The zero-order chi connectivity index (χ0) is 24.7. The van der Waals surface area contributed by atoms with Crippen molar-refractivity contribution in [1.82, 2.24) is 4.98 Å². The highest BCUT2D eigenvalue weighted by atomic mass is 35.5. The molecule has 174 valence electrons. The molecule has 0 unspecified atom stereocenters. The minimum absolute atomic E-state index is 0.255. The van der Waals surface area contributed by atoms with Crippen LogP contribution in [0, 0.1) is 13.8 Å². The number of thiophene rings is 1. The van der Waals surface area contributed by atoms with Gasteiger partial charge in [-0.3, -0.25) is 4.79 Å². The smallest absolute Gasteiger partial charge is 0.267 e. The van der Waals surface area contributed by atoms with Gasteiger partial charge in [-0.15, -0.1) is 11.3 Å². The molecule has 2 heterocycles. The van der Waals surface area contributed by atoms with Crippen molar-refractivity contribution in [2.45, 2.75) is 13.8 Å². The van der Waals surface area contributed by atoms with Crippen LogP contribution in [-0.4, -0.2) is 10.9 Å². The molecule has 3 N–H and O–H groups in total. The first kappa shape index (κ1) is 23.4. The molecule has 0 saturated carbocycles. The van der Waals surface area contributed by atoms with Crippen molar-refractivity contribution < 1.29 is 4.79 Å². The Kier molecular flexibility index (Phi) is 6.24. The lowest BCUT2D eigenvalue weighted by atomic mass is 9.99. The zero-order valence-corrected chi connectivity index (χ0v) is 21.4. The summed E-state index contributed by atoms with van der Waals surface area (Å²) in [5.74, 6) is -0.255. The molecule has 5 rings (SSSR count). The summed E-state index contributed by atoms with van der Waals surface area (Å²) in [6, 6.07) is 22.9. The molecule has 0 spiro atoms. The summed E-state index contributed by atoms with van der Waals surface area (Å²) in [6.07, 6.45) is 0. The number of anilines is 2. The van der Waals surface area contributed by atoms with Gasteiger partial charge >= 0.3 is 0 Å². The quantitative estimate of drug-likeness (QED) is 0.251. The maximum Gasteiger partial charge on any atom is 0.267 e. The number of hydrogen-bond acceptors (Lipinski definition) is 4. The Bertz CT molecular complexity index is 1580. The topological polar surface area (TPSA) is 68.0 Å². The van der Waals surface area contributed by atoms with E-state index in [1.165, 1.54) is 11.3 Å². The number of aryl methyl sites for hydroxylation is 1. The number of amides is 1. The molecular weight excluding hydrogens is 497 g/mol. The molecular formula is C28H21Cl2N3OS. The molecule has 0 saturated heterocycles. The first-order valence-corrected chi connectivity index (χ1v) is 12.5. The Hall–Kier alpha value is -3.38. The van der Waals surface area contributed by atoms with Crippen molar-refractivity contribution >= 4 is 62.0 Å². The van der Waals surface area contributed by atoms with Gasteiger partial charge in [0.25, 0.3) is 5.91 Å². The van der Waals surface area contributed by atoms with Crippen LogP contribution in [0.5, 0.6) is 0 Å². The van der Waals surface area contributed by atoms with Gasteiger partial charge in [0.2, 0.25) is 0 Å². The number of hydrogen-bond donors (Lipinski definition) is 2. The molecule has 0 radical (unpaired) electrons. The molecule has 0 bridgehead atoms. The summed E-state index contributed by atoms with van der Waals surface area (Å²) in [7, 11) is 0. The van der Waals surface area contributed by atoms with E-state index in [9.17, 15) is 4.79 Å². The van der Waals surface area contributed by atoms with E-state index in [1.807, 2.05) is 86.6 Å². The number of aromatic nitrogens is 1. The van der Waals surface area contributed by atoms with E-state index < -0.39 is 0 Å². The molecule has 35 heavy (non-hydrogen) atoms. The third kappa shape index (κ3) is 4.50. The van der Waals surface area contributed by atoms with Crippen LogP contribution in [0.25, 0.3) is 32.6 Å². The summed E-state index contributed by atoms with van der Waals surface area (Å²) in [5.41, 5.74) is 13.4. The molecule has 1 amide bonds. The summed E-state index contributed by atoms with van der Waals surface area (Å²) in [6.45, 7) is 4.00. The van der Waals surface area contributed by atoms with Crippen molar-refractivity contribution in [2.75, 3.05) is 11.1 Å². The zero-order valence-electron chi connectivity index (χ0n) is 19.0. The van der Waals surface area contributed by atoms with Gasteiger partial charge in [-0.25, -0.2) is 4.98 Å². The van der Waals surface area contributed by atoms with Gasteiger partial charge in [0.05, 0.1) is 11.4 Å². The van der Waals surface area contributed by atoms with Gasteiger partial charge in [0.15, 0.2) is 0 Å². The molecule has 0 aliphatic rings. The monoisotopic (exact) mass is 517 g/mol. The van der Waals surface area contributed by atoms with E-state index in [2.05, 4.69) is 5.32 Å². The van der Waals surface area contributed by atoms with Gasteiger partial charge in [0.1, 0.15) is 9.71 Å². The number of nitrogen functional groups attached to an aromatic ring is 1. The lowest BCUT2D eigenvalue weighted by Crippen LogP contribution is -2.13. The van der Waals surface area contributed by atoms with Crippen LogP contribution in [-0.2, 0) is 0 Å². The number of carbonyl (C=O) groups is 1. The molecule has 7 heteroatoms. The van der Waals surface area contributed by atoms with Crippen molar-refractivity contribution in [1.29, 1.82) is 0 Å². The predicted octanol–water partition coefficient (Wildman–Crippen LogP) is 8.39. The van der Waals surface area contributed by atoms with E-state index >= 15 is 0 Å². The van der Waals surface area contributed by atoms with E-state index in [4.69, 9.17) is 33.9 Å². The third-order valence-electron chi connectivity index (χ3n) is 6.05. The summed E-state index contributed by atoms with van der Waals surface area (Å²) < 4.78 is 0. The molecule has 0 fully saturated rings. The van der Waals surface area contributed by atoms with Crippen molar-refractivity contribution in [3.05, 3.63) is 98.8 Å². The van der Waals surface area contributed by atoms with Gasteiger partial charge in [-0.1, -0.05) is 59.6 Å².